The van der Waals surface area contributed by atoms with Crippen LogP contribution < -0.4 is 0 Å². The molecule has 2 aromatic carbocycles. The van der Waals surface area contributed by atoms with Crippen LogP contribution >= 0.6 is 0 Å². The van der Waals surface area contributed by atoms with Crippen molar-refractivity contribution < 1.29 is 4.52 Å². The predicted octanol–water partition coefficient (Wildman–Crippen LogP) is 4.62. The van der Waals surface area contributed by atoms with Crippen molar-refractivity contribution in [2.24, 2.45) is 0 Å². The van der Waals surface area contributed by atoms with Crippen molar-refractivity contribution in [3.8, 4) is 0 Å². The maximum atomic E-state index is 5.51. The van der Waals surface area contributed by atoms with Crippen molar-refractivity contribution in [3.05, 3.63) is 83.5 Å². The normalized spacial score (nSPS) is 18.3. The van der Waals surface area contributed by atoms with Gasteiger partial charge in [-0.3, -0.25) is 4.90 Å². The molecule has 4 nitrogen and oxygen atoms in total. The largest absolute Gasteiger partial charge is 0.338 e. The zero-order chi connectivity index (χ0) is 18.3. The first-order valence-electron chi connectivity index (χ1n) is 9.99. The third-order valence-corrected chi connectivity index (χ3v) is 5.44. The van der Waals surface area contributed by atoms with Crippen molar-refractivity contribution in [1.82, 2.24) is 15.0 Å². The van der Waals surface area contributed by atoms with Crippen LogP contribution in [0.25, 0.3) is 0 Å². The van der Waals surface area contributed by atoms with Gasteiger partial charge in [0.05, 0.1) is 6.54 Å². The molecule has 140 valence electrons. The molecule has 27 heavy (non-hydrogen) atoms. The lowest BCUT2D eigenvalue weighted by Gasteiger charge is -2.18. The molecule has 4 heteroatoms. The number of nitrogens with zero attached hydrogens (tertiary/aromatic N) is 3. The van der Waals surface area contributed by atoms with Crippen LogP contribution in [0.3, 0.4) is 0 Å². The van der Waals surface area contributed by atoms with Gasteiger partial charge in [0.25, 0.3) is 0 Å². The van der Waals surface area contributed by atoms with E-state index in [1.54, 1.807) is 0 Å². The van der Waals surface area contributed by atoms with Gasteiger partial charge >= 0.3 is 0 Å². The van der Waals surface area contributed by atoms with Gasteiger partial charge in [-0.05, 0) is 55.8 Å². The summed E-state index contributed by atoms with van der Waals surface area (Å²) in [6.07, 6.45) is 5.44. The van der Waals surface area contributed by atoms with E-state index in [-0.39, 0.29) is 0 Å². The number of benzene rings is 2. The quantitative estimate of drug-likeness (QED) is 0.642. The van der Waals surface area contributed by atoms with E-state index in [1.165, 1.54) is 30.4 Å². The summed E-state index contributed by atoms with van der Waals surface area (Å²) < 4.78 is 5.51. The fraction of sp³-hybridized carbons (Fsp3) is 0.391. The van der Waals surface area contributed by atoms with E-state index >= 15 is 0 Å². The zero-order valence-corrected chi connectivity index (χ0v) is 15.8. The Balaban J connectivity index is 1.29. The average Bonchev–Trinajstić information content (AvgIpc) is 3.04. The lowest BCUT2D eigenvalue weighted by atomic mass is 9.92. The number of rotatable bonds is 6. The zero-order valence-electron chi connectivity index (χ0n) is 15.8. The molecule has 0 saturated carbocycles. The first kappa shape index (κ1) is 17.9. The van der Waals surface area contributed by atoms with E-state index in [9.17, 15) is 0 Å². The van der Waals surface area contributed by atoms with E-state index < -0.39 is 0 Å². The Labute approximate surface area is 161 Å². The van der Waals surface area contributed by atoms with Crippen molar-refractivity contribution >= 4 is 0 Å². The van der Waals surface area contributed by atoms with E-state index in [0.717, 1.165) is 44.2 Å². The van der Waals surface area contributed by atoms with Crippen LogP contribution in [0.5, 0.6) is 0 Å². The second-order valence-corrected chi connectivity index (χ2v) is 7.40. The highest BCUT2D eigenvalue weighted by atomic mass is 16.5. The summed E-state index contributed by atoms with van der Waals surface area (Å²) in [7, 11) is 0. The molecule has 0 bridgehead atoms. The van der Waals surface area contributed by atoms with Crippen molar-refractivity contribution in [3.63, 3.8) is 0 Å². The predicted molar refractivity (Wildman–Crippen MR) is 106 cm³/mol. The third kappa shape index (κ3) is 5.04. The van der Waals surface area contributed by atoms with Crippen LogP contribution in [-0.2, 0) is 19.4 Å². The number of aromatic nitrogens is 2. The van der Waals surface area contributed by atoms with Gasteiger partial charge in [0.15, 0.2) is 5.82 Å². The van der Waals surface area contributed by atoms with E-state index in [2.05, 4.69) is 69.6 Å². The topological polar surface area (TPSA) is 42.2 Å². The SMILES string of the molecule is c1ccc(CCc2noc(CN3CCCC(c4ccccc4)CC3)n2)cc1. The van der Waals surface area contributed by atoms with Crippen molar-refractivity contribution in [2.45, 2.75) is 44.6 Å². The Bertz CT molecular complexity index is 816. The molecule has 0 spiro atoms. The Kier molecular flexibility index (Phi) is 5.95. The second kappa shape index (κ2) is 8.96. The summed E-state index contributed by atoms with van der Waals surface area (Å²) in [5.41, 5.74) is 2.78. The van der Waals surface area contributed by atoms with Crippen LogP contribution in [0.4, 0.5) is 0 Å². The fourth-order valence-corrected chi connectivity index (χ4v) is 3.92. The molecule has 1 aliphatic heterocycles. The minimum absolute atomic E-state index is 0.667. The summed E-state index contributed by atoms with van der Waals surface area (Å²) >= 11 is 0. The summed E-state index contributed by atoms with van der Waals surface area (Å²) in [6, 6.07) is 21.4. The minimum atomic E-state index is 0.667. The van der Waals surface area contributed by atoms with Crippen LogP contribution in [0.1, 0.15) is 48.0 Å². The van der Waals surface area contributed by atoms with Gasteiger partial charge in [-0.2, -0.15) is 4.98 Å². The fourth-order valence-electron chi connectivity index (χ4n) is 3.92. The number of aryl methyl sites for hydroxylation is 2. The second-order valence-electron chi connectivity index (χ2n) is 7.40. The van der Waals surface area contributed by atoms with E-state index in [0.29, 0.717) is 5.92 Å². The number of hydrogen-bond acceptors (Lipinski definition) is 4. The summed E-state index contributed by atoms with van der Waals surface area (Å²) in [4.78, 5) is 7.06. The molecule has 4 rings (SSSR count). The summed E-state index contributed by atoms with van der Waals surface area (Å²) in [6.45, 7) is 2.95. The molecular weight excluding hydrogens is 334 g/mol. The molecule has 1 fully saturated rings. The molecule has 1 aromatic heterocycles. The van der Waals surface area contributed by atoms with Crippen molar-refractivity contribution in [1.29, 1.82) is 0 Å². The molecule has 1 unspecified atom stereocenters. The highest BCUT2D eigenvalue weighted by molar-refractivity contribution is 5.19. The van der Waals surface area contributed by atoms with Gasteiger partial charge in [0.2, 0.25) is 5.89 Å². The van der Waals surface area contributed by atoms with E-state index in [4.69, 9.17) is 4.52 Å². The number of hydrogen-bond donors (Lipinski definition) is 0. The van der Waals surface area contributed by atoms with E-state index in [1.807, 2.05) is 6.07 Å². The molecule has 0 amide bonds. The molecular formula is C23H27N3O. The standard InChI is InChI=1S/C23H27N3O/c1-3-8-19(9-4-1)13-14-22-24-23(27-25-22)18-26-16-7-12-21(15-17-26)20-10-5-2-6-11-20/h1-6,8-11,21H,7,12-18H2. The molecule has 1 aliphatic rings. The maximum absolute atomic E-state index is 5.51. The van der Waals surface area contributed by atoms with Crippen LogP contribution in [-0.4, -0.2) is 28.1 Å². The lowest BCUT2D eigenvalue weighted by molar-refractivity contribution is 0.233. The highest BCUT2D eigenvalue weighted by Crippen LogP contribution is 2.28. The van der Waals surface area contributed by atoms with Gasteiger partial charge < -0.3 is 4.52 Å². The van der Waals surface area contributed by atoms with Crippen molar-refractivity contribution in [2.75, 3.05) is 13.1 Å². The molecule has 0 aliphatic carbocycles. The molecule has 1 saturated heterocycles. The summed E-state index contributed by atoms with van der Waals surface area (Å²) in [5.74, 6) is 2.22. The van der Waals surface area contributed by atoms with Gasteiger partial charge in [-0.25, -0.2) is 0 Å². The molecule has 3 aromatic rings. The molecule has 0 N–H and O–H groups in total. The monoisotopic (exact) mass is 361 g/mol. The molecule has 1 atom stereocenters. The first-order chi connectivity index (χ1) is 13.4. The van der Waals surface area contributed by atoms with Gasteiger partial charge in [-0.15, -0.1) is 0 Å². The maximum Gasteiger partial charge on any atom is 0.240 e. The minimum Gasteiger partial charge on any atom is -0.338 e. The first-order valence-corrected chi connectivity index (χ1v) is 9.99. The third-order valence-electron chi connectivity index (χ3n) is 5.44. The van der Waals surface area contributed by atoms with Crippen LogP contribution in [0, 0.1) is 0 Å². The number of likely N-dealkylation sites (tertiary alicyclic amines) is 1. The average molecular weight is 361 g/mol. The molecule has 2 heterocycles. The smallest absolute Gasteiger partial charge is 0.240 e. The Morgan fingerprint density at radius 2 is 1.67 bits per heavy atom. The van der Waals surface area contributed by atoms with Gasteiger partial charge in [-0.1, -0.05) is 65.8 Å². The van der Waals surface area contributed by atoms with Crippen LogP contribution in [0.2, 0.25) is 0 Å². The Hall–Kier alpha value is -2.46. The Morgan fingerprint density at radius 1 is 0.889 bits per heavy atom. The lowest BCUT2D eigenvalue weighted by Crippen LogP contribution is -2.24. The van der Waals surface area contributed by atoms with Gasteiger partial charge in [0.1, 0.15) is 0 Å². The molecule has 0 radical (unpaired) electrons. The Morgan fingerprint density at radius 3 is 2.48 bits per heavy atom. The summed E-state index contributed by atoms with van der Waals surface area (Å²) in [5, 5.41) is 4.17. The highest BCUT2D eigenvalue weighted by Gasteiger charge is 2.20. The van der Waals surface area contributed by atoms with Crippen LogP contribution in [0.15, 0.2) is 65.2 Å². The van der Waals surface area contributed by atoms with Gasteiger partial charge in [0, 0.05) is 6.42 Å².